The first-order valence-corrected chi connectivity index (χ1v) is 8.97. The second kappa shape index (κ2) is 7.71. The van der Waals surface area contributed by atoms with Crippen molar-refractivity contribution in [3.8, 4) is 5.69 Å². The minimum absolute atomic E-state index is 0.162. The van der Waals surface area contributed by atoms with E-state index in [1.54, 1.807) is 0 Å². The van der Waals surface area contributed by atoms with Gasteiger partial charge in [-0.1, -0.05) is 48.0 Å². The molecular formula is C23H26N2O. The normalized spacial score (nSPS) is 11.1. The van der Waals surface area contributed by atoms with Crippen LogP contribution in [0.15, 0.2) is 60.7 Å². The highest BCUT2D eigenvalue weighted by molar-refractivity contribution is 5.99. The number of benzene rings is 2. The van der Waals surface area contributed by atoms with Gasteiger partial charge in [-0.3, -0.25) is 9.69 Å². The molecule has 0 amide bonds. The van der Waals surface area contributed by atoms with Gasteiger partial charge >= 0.3 is 0 Å². The quantitative estimate of drug-likeness (QED) is 0.604. The van der Waals surface area contributed by atoms with Crippen LogP contribution in [0, 0.1) is 20.8 Å². The molecule has 0 bridgehead atoms. The SMILES string of the molecule is Cc1ccc(-n2c(C)cc(C(=O)CN(C)Cc3ccccc3)c2C)cc1. The van der Waals surface area contributed by atoms with Crippen molar-refractivity contribution in [2.24, 2.45) is 0 Å². The van der Waals surface area contributed by atoms with Gasteiger partial charge in [0, 0.05) is 29.2 Å². The van der Waals surface area contributed by atoms with E-state index in [0.717, 1.165) is 29.2 Å². The highest BCUT2D eigenvalue weighted by Gasteiger charge is 2.18. The fourth-order valence-electron chi connectivity index (χ4n) is 3.42. The van der Waals surface area contributed by atoms with Gasteiger partial charge in [0.25, 0.3) is 0 Å². The van der Waals surface area contributed by atoms with Crippen LogP contribution in [-0.4, -0.2) is 28.8 Å². The Labute approximate surface area is 155 Å². The lowest BCUT2D eigenvalue weighted by Gasteiger charge is -2.16. The lowest BCUT2D eigenvalue weighted by Crippen LogP contribution is -2.25. The summed E-state index contributed by atoms with van der Waals surface area (Å²) in [7, 11) is 1.99. The van der Waals surface area contributed by atoms with E-state index in [2.05, 4.69) is 59.7 Å². The van der Waals surface area contributed by atoms with Crippen molar-refractivity contribution in [1.29, 1.82) is 0 Å². The summed E-state index contributed by atoms with van der Waals surface area (Å²) in [6.07, 6.45) is 0. The summed E-state index contributed by atoms with van der Waals surface area (Å²) in [5.74, 6) is 0.162. The molecule has 0 saturated heterocycles. The minimum atomic E-state index is 0.162. The number of hydrogen-bond donors (Lipinski definition) is 0. The van der Waals surface area contributed by atoms with Crippen LogP contribution in [-0.2, 0) is 6.54 Å². The first-order valence-electron chi connectivity index (χ1n) is 8.97. The third kappa shape index (κ3) is 3.94. The molecule has 0 aliphatic heterocycles. The number of likely N-dealkylation sites (N-methyl/N-ethyl adjacent to an activating group) is 1. The van der Waals surface area contributed by atoms with Gasteiger partial charge < -0.3 is 4.57 Å². The lowest BCUT2D eigenvalue weighted by molar-refractivity contribution is 0.0942. The average Bonchev–Trinajstić information content (AvgIpc) is 2.91. The molecule has 3 aromatic rings. The van der Waals surface area contributed by atoms with Crippen molar-refractivity contribution in [1.82, 2.24) is 9.47 Å². The largest absolute Gasteiger partial charge is 0.318 e. The summed E-state index contributed by atoms with van der Waals surface area (Å²) in [5.41, 5.74) is 6.44. The van der Waals surface area contributed by atoms with Gasteiger partial charge in [-0.2, -0.15) is 0 Å². The number of ketones is 1. The van der Waals surface area contributed by atoms with Crippen LogP contribution in [0.2, 0.25) is 0 Å². The molecular weight excluding hydrogens is 320 g/mol. The number of hydrogen-bond acceptors (Lipinski definition) is 2. The highest BCUT2D eigenvalue weighted by Crippen LogP contribution is 2.22. The van der Waals surface area contributed by atoms with Gasteiger partial charge in [-0.15, -0.1) is 0 Å². The third-order valence-electron chi connectivity index (χ3n) is 4.73. The van der Waals surface area contributed by atoms with E-state index < -0.39 is 0 Å². The summed E-state index contributed by atoms with van der Waals surface area (Å²) in [6.45, 7) is 7.33. The van der Waals surface area contributed by atoms with Crippen LogP contribution in [0.4, 0.5) is 0 Å². The molecule has 0 fully saturated rings. The predicted molar refractivity (Wildman–Crippen MR) is 107 cm³/mol. The molecule has 0 saturated carbocycles. The monoisotopic (exact) mass is 346 g/mol. The highest BCUT2D eigenvalue weighted by atomic mass is 16.1. The number of carbonyl (C=O) groups excluding carboxylic acids is 1. The van der Waals surface area contributed by atoms with Crippen molar-refractivity contribution < 1.29 is 4.79 Å². The first kappa shape index (κ1) is 18.2. The topological polar surface area (TPSA) is 25.2 Å². The Balaban J connectivity index is 1.78. The molecule has 3 nitrogen and oxygen atoms in total. The lowest BCUT2D eigenvalue weighted by atomic mass is 10.1. The van der Waals surface area contributed by atoms with Crippen molar-refractivity contribution in [3.63, 3.8) is 0 Å². The molecule has 0 atom stereocenters. The number of rotatable bonds is 6. The Morgan fingerprint density at radius 2 is 1.62 bits per heavy atom. The number of carbonyl (C=O) groups is 1. The van der Waals surface area contributed by atoms with E-state index in [1.807, 2.05) is 38.2 Å². The van der Waals surface area contributed by atoms with Crippen LogP contribution in [0.1, 0.15) is 32.9 Å². The second-order valence-corrected chi connectivity index (χ2v) is 7.04. The van der Waals surface area contributed by atoms with Gasteiger partial charge in [0.15, 0.2) is 5.78 Å². The van der Waals surface area contributed by atoms with Crippen LogP contribution in [0.25, 0.3) is 5.69 Å². The van der Waals surface area contributed by atoms with Crippen LogP contribution in [0.3, 0.4) is 0 Å². The molecule has 0 aliphatic rings. The molecule has 3 rings (SSSR count). The maximum Gasteiger partial charge on any atom is 0.178 e. The molecule has 0 unspecified atom stereocenters. The molecule has 2 aromatic carbocycles. The maximum atomic E-state index is 12.9. The standard InChI is InChI=1S/C23H26N2O/c1-17-10-12-21(13-11-17)25-18(2)14-22(19(25)3)23(26)16-24(4)15-20-8-6-5-7-9-20/h5-14H,15-16H2,1-4H3. The average molecular weight is 346 g/mol. The first-order chi connectivity index (χ1) is 12.5. The molecule has 0 spiro atoms. The molecule has 0 aliphatic carbocycles. The number of aromatic nitrogens is 1. The predicted octanol–water partition coefficient (Wildman–Crippen LogP) is 4.72. The molecule has 1 aromatic heterocycles. The number of aryl methyl sites for hydroxylation is 2. The van der Waals surface area contributed by atoms with Crippen LogP contribution in [0.5, 0.6) is 0 Å². The smallest absolute Gasteiger partial charge is 0.178 e. The van der Waals surface area contributed by atoms with E-state index in [-0.39, 0.29) is 5.78 Å². The summed E-state index contributed by atoms with van der Waals surface area (Å²) in [5, 5.41) is 0. The summed E-state index contributed by atoms with van der Waals surface area (Å²) in [6, 6.07) is 20.7. The summed E-state index contributed by atoms with van der Waals surface area (Å²) < 4.78 is 2.16. The van der Waals surface area contributed by atoms with E-state index in [9.17, 15) is 4.79 Å². The molecule has 134 valence electrons. The Kier molecular flexibility index (Phi) is 5.38. The second-order valence-electron chi connectivity index (χ2n) is 7.04. The number of Topliss-reactive ketones (excluding diaryl/α,β-unsaturated/α-hetero) is 1. The Bertz CT molecular complexity index is 892. The van der Waals surface area contributed by atoms with Gasteiger partial charge in [-0.25, -0.2) is 0 Å². The van der Waals surface area contributed by atoms with Crippen molar-refractivity contribution >= 4 is 5.78 Å². The van der Waals surface area contributed by atoms with Gasteiger partial charge in [0.1, 0.15) is 0 Å². The van der Waals surface area contributed by atoms with E-state index >= 15 is 0 Å². The zero-order chi connectivity index (χ0) is 18.7. The Morgan fingerprint density at radius 3 is 2.27 bits per heavy atom. The Hall–Kier alpha value is -2.65. The maximum absolute atomic E-state index is 12.9. The van der Waals surface area contributed by atoms with Gasteiger partial charge in [0.05, 0.1) is 6.54 Å². The summed E-state index contributed by atoms with van der Waals surface area (Å²) >= 11 is 0. The Morgan fingerprint density at radius 1 is 0.962 bits per heavy atom. The molecule has 3 heteroatoms. The van der Waals surface area contributed by atoms with Gasteiger partial charge in [0.2, 0.25) is 0 Å². The van der Waals surface area contributed by atoms with Crippen molar-refractivity contribution in [2.75, 3.05) is 13.6 Å². The van der Waals surface area contributed by atoms with Crippen molar-refractivity contribution in [3.05, 3.63) is 88.7 Å². The van der Waals surface area contributed by atoms with E-state index in [0.29, 0.717) is 6.54 Å². The molecule has 1 heterocycles. The summed E-state index contributed by atoms with van der Waals surface area (Å²) in [4.78, 5) is 14.9. The molecule has 26 heavy (non-hydrogen) atoms. The van der Waals surface area contributed by atoms with Crippen LogP contribution >= 0.6 is 0 Å². The third-order valence-corrected chi connectivity index (χ3v) is 4.73. The van der Waals surface area contributed by atoms with Crippen LogP contribution < -0.4 is 0 Å². The van der Waals surface area contributed by atoms with E-state index in [4.69, 9.17) is 0 Å². The minimum Gasteiger partial charge on any atom is -0.318 e. The van der Waals surface area contributed by atoms with E-state index in [1.165, 1.54) is 11.1 Å². The van der Waals surface area contributed by atoms with Gasteiger partial charge in [-0.05, 0) is 51.6 Å². The zero-order valence-corrected chi connectivity index (χ0v) is 16.0. The fraction of sp³-hybridized carbons (Fsp3) is 0.261. The number of nitrogens with zero attached hydrogens (tertiary/aromatic N) is 2. The fourth-order valence-corrected chi connectivity index (χ4v) is 3.42. The molecule has 0 radical (unpaired) electrons. The molecule has 0 N–H and O–H groups in total. The van der Waals surface area contributed by atoms with Crippen molar-refractivity contribution in [2.45, 2.75) is 27.3 Å². The zero-order valence-electron chi connectivity index (χ0n) is 16.0.